The van der Waals surface area contributed by atoms with Crippen LogP contribution in [0.5, 0.6) is 0 Å². The number of aliphatic hydroxyl groups excluding tert-OH is 1. The van der Waals surface area contributed by atoms with E-state index < -0.39 is 17.9 Å². The Morgan fingerprint density at radius 1 is 1.00 bits per heavy atom. The molecule has 3 amide bonds. The predicted molar refractivity (Wildman–Crippen MR) is 117 cm³/mol. The highest BCUT2D eigenvalue weighted by atomic mass is 32.1. The van der Waals surface area contributed by atoms with Crippen molar-refractivity contribution in [1.82, 2.24) is 5.32 Å². The number of carbonyl (C=O) groups is 3. The van der Waals surface area contributed by atoms with Crippen LogP contribution in [-0.2, 0) is 19.8 Å². The van der Waals surface area contributed by atoms with Crippen molar-refractivity contribution in [3.63, 3.8) is 0 Å². The summed E-state index contributed by atoms with van der Waals surface area (Å²) in [6.45, 7) is 3.55. The minimum atomic E-state index is -0.730. The molecule has 8 heteroatoms. The van der Waals surface area contributed by atoms with Gasteiger partial charge in [-0.15, -0.1) is 11.3 Å². The summed E-state index contributed by atoms with van der Waals surface area (Å²) < 4.78 is 0. The van der Waals surface area contributed by atoms with Crippen molar-refractivity contribution in [3.05, 3.63) is 46.2 Å². The van der Waals surface area contributed by atoms with E-state index in [1.807, 2.05) is 12.1 Å². The minimum absolute atomic E-state index is 0.182. The molecule has 0 spiro atoms. The molecule has 7 nitrogen and oxygen atoms in total. The smallest absolute Gasteiger partial charge is 0.313 e. The summed E-state index contributed by atoms with van der Waals surface area (Å²) in [7, 11) is 0. The van der Waals surface area contributed by atoms with Crippen molar-refractivity contribution in [2.45, 2.75) is 51.0 Å². The van der Waals surface area contributed by atoms with Crippen LogP contribution >= 0.6 is 11.3 Å². The molecule has 1 atom stereocenters. The lowest BCUT2D eigenvalue weighted by molar-refractivity contribution is -0.136. The van der Waals surface area contributed by atoms with E-state index in [9.17, 15) is 19.5 Å². The second kappa shape index (κ2) is 9.40. The first-order valence-corrected chi connectivity index (χ1v) is 10.9. The Morgan fingerprint density at radius 3 is 2.13 bits per heavy atom. The van der Waals surface area contributed by atoms with E-state index in [0.29, 0.717) is 17.9 Å². The molecule has 0 saturated heterocycles. The molecule has 160 valence electrons. The van der Waals surface area contributed by atoms with Crippen molar-refractivity contribution < 1.29 is 19.5 Å². The molecule has 1 aromatic carbocycles. The zero-order chi connectivity index (χ0) is 21.7. The van der Waals surface area contributed by atoms with E-state index in [0.717, 1.165) is 35.4 Å². The van der Waals surface area contributed by atoms with Crippen LogP contribution in [0.4, 0.5) is 11.4 Å². The second-order valence-corrected chi connectivity index (χ2v) is 8.88. The third-order valence-corrected chi connectivity index (χ3v) is 6.88. The molecule has 1 heterocycles. The summed E-state index contributed by atoms with van der Waals surface area (Å²) in [6.07, 6.45) is 3.52. The molecule has 3 rings (SSSR count). The van der Waals surface area contributed by atoms with Crippen LogP contribution in [0.1, 0.15) is 55.4 Å². The topological polar surface area (TPSA) is 108 Å². The summed E-state index contributed by atoms with van der Waals surface area (Å²) in [5.41, 5.74) is 0.897. The van der Waals surface area contributed by atoms with Crippen molar-refractivity contribution in [2.75, 3.05) is 17.2 Å². The third kappa shape index (κ3) is 5.25. The van der Waals surface area contributed by atoms with Gasteiger partial charge in [0.25, 0.3) is 0 Å². The number of carbonyl (C=O) groups excluding carboxylic acids is 3. The van der Waals surface area contributed by atoms with Gasteiger partial charge < -0.3 is 21.1 Å². The SMILES string of the molecule is CC(=O)Nc1ccc(NC(=O)C(=O)NCC2(c3ccc(C(C)O)s3)CCCC2)cc1. The molecule has 1 unspecified atom stereocenters. The lowest BCUT2D eigenvalue weighted by Crippen LogP contribution is -2.43. The predicted octanol–water partition coefficient (Wildman–Crippen LogP) is 3.33. The fraction of sp³-hybridized carbons (Fsp3) is 0.409. The number of benzene rings is 1. The molecule has 0 bridgehead atoms. The lowest BCUT2D eigenvalue weighted by atomic mass is 9.84. The van der Waals surface area contributed by atoms with Crippen LogP contribution in [0.25, 0.3) is 0 Å². The van der Waals surface area contributed by atoms with Crippen molar-refractivity contribution in [3.8, 4) is 0 Å². The Morgan fingerprint density at radius 2 is 1.60 bits per heavy atom. The van der Waals surface area contributed by atoms with Crippen LogP contribution in [0, 0.1) is 0 Å². The zero-order valence-corrected chi connectivity index (χ0v) is 18.0. The van der Waals surface area contributed by atoms with Gasteiger partial charge >= 0.3 is 11.8 Å². The number of nitrogens with one attached hydrogen (secondary N) is 3. The zero-order valence-electron chi connectivity index (χ0n) is 17.2. The fourth-order valence-electron chi connectivity index (χ4n) is 3.78. The molecular formula is C22H27N3O4S. The van der Waals surface area contributed by atoms with Crippen LogP contribution in [0.15, 0.2) is 36.4 Å². The maximum absolute atomic E-state index is 12.4. The second-order valence-electron chi connectivity index (χ2n) is 7.76. The van der Waals surface area contributed by atoms with Gasteiger partial charge in [-0.2, -0.15) is 0 Å². The molecule has 0 radical (unpaired) electrons. The summed E-state index contributed by atoms with van der Waals surface area (Å²) in [5.74, 6) is -1.59. The molecule has 1 aromatic heterocycles. The van der Waals surface area contributed by atoms with Gasteiger partial charge in [0.05, 0.1) is 6.10 Å². The Balaban J connectivity index is 1.60. The van der Waals surface area contributed by atoms with Gasteiger partial charge in [0, 0.05) is 40.0 Å². The summed E-state index contributed by atoms with van der Waals surface area (Å²) in [6, 6.07) is 10.5. The first-order chi connectivity index (χ1) is 14.3. The van der Waals surface area contributed by atoms with E-state index in [1.165, 1.54) is 6.92 Å². The number of aliphatic hydroxyl groups is 1. The first-order valence-electron chi connectivity index (χ1n) is 10.0. The quantitative estimate of drug-likeness (QED) is 0.528. The number of rotatable bonds is 6. The Bertz CT molecular complexity index is 915. The van der Waals surface area contributed by atoms with Crippen LogP contribution in [0.2, 0.25) is 0 Å². The summed E-state index contributed by atoms with van der Waals surface area (Å²) >= 11 is 1.57. The number of anilines is 2. The standard InChI is InChI=1S/C22H27N3O4S/c1-14(26)18-9-10-19(30-18)22(11-3-4-12-22)13-23-20(28)21(29)25-17-7-5-16(6-8-17)24-15(2)27/h5-10,14,26H,3-4,11-13H2,1-2H3,(H,23,28)(H,24,27)(H,25,29). The molecule has 1 aliphatic carbocycles. The van der Waals surface area contributed by atoms with Gasteiger partial charge in [-0.05, 0) is 56.2 Å². The fourth-order valence-corrected chi connectivity index (χ4v) is 4.97. The molecule has 1 saturated carbocycles. The highest BCUT2D eigenvalue weighted by Gasteiger charge is 2.37. The Kier molecular flexibility index (Phi) is 6.89. The molecule has 0 aliphatic heterocycles. The largest absolute Gasteiger partial charge is 0.388 e. The Hall–Kier alpha value is -2.71. The monoisotopic (exact) mass is 429 g/mol. The number of thiophene rings is 1. The van der Waals surface area contributed by atoms with E-state index in [4.69, 9.17) is 0 Å². The van der Waals surface area contributed by atoms with Gasteiger partial charge in [0.1, 0.15) is 0 Å². The molecular weight excluding hydrogens is 402 g/mol. The van der Waals surface area contributed by atoms with Crippen LogP contribution in [-0.4, -0.2) is 29.4 Å². The van der Waals surface area contributed by atoms with E-state index in [1.54, 1.807) is 42.5 Å². The molecule has 4 N–H and O–H groups in total. The average Bonchev–Trinajstić information content (AvgIpc) is 3.37. The summed E-state index contributed by atoms with van der Waals surface area (Å²) in [5, 5.41) is 17.8. The van der Waals surface area contributed by atoms with Gasteiger partial charge in [-0.25, -0.2) is 0 Å². The van der Waals surface area contributed by atoms with E-state index >= 15 is 0 Å². The molecule has 2 aromatic rings. The third-order valence-electron chi connectivity index (χ3n) is 5.38. The first kappa shape index (κ1) is 22.0. The average molecular weight is 430 g/mol. The van der Waals surface area contributed by atoms with Gasteiger partial charge in [-0.1, -0.05) is 12.8 Å². The van der Waals surface area contributed by atoms with Crippen molar-refractivity contribution >= 4 is 40.4 Å². The minimum Gasteiger partial charge on any atom is -0.388 e. The van der Waals surface area contributed by atoms with Gasteiger partial charge in [-0.3, -0.25) is 14.4 Å². The molecule has 30 heavy (non-hydrogen) atoms. The van der Waals surface area contributed by atoms with Gasteiger partial charge in [0.15, 0.2) is 0 Å². The maximum Gasteiger partial charge on any atom is 0.313 e. The highest BCUT2D eigenvalue weighted by molar-refractivity contribution is 7.12. The van der Waals surface area contributed by atoms with Crippen LogP contribution in [0.3, 0.4) is 0 Å². The Labute approximate surface area is 179 Å². The summed E-state index contributed by atoms with van der Waals surface area (Å²) in [4.78, 5) is 37.8. The molecule has 1 aliphatic rings. The number of amides is 3. The highest BCUT2D eigenvalue weighted by Crippen LogP contribution is 2.44. The maximum atomic E-state index is 12.4. The molecule has 1 fully saturated rings. The van der Waals surface area contributed by atoms with E-state index in [-0.39, 0.29) is 11.3 Å². The number of hydrogen-bond acceptors (Lipinski definition) is 5. The lowest BCUT2D eigenvalue weighted by Gasteiger charge is -2.28. The normalized spacial score (nSPS) is 16.0. The number of hydrogen-bond donors (Lipinski definition) is 4. The van der Waals surface area contributed by atoms with Crippen molar-refractivity contribution in [2.24, 2.45) is 0 Å². The van der Waals surface area contributed by atoms with Crippen molar-refractivity contribution in [1.29, 1.82) is 0 Å². The van der Waals surface area contributed by atoms with Gasteiger partial charge in [0.2, 0.25) is 5.91 Å². The van der Waals surface area contributed by atoms with E-state index in [2.05, 4.69) is 16.0 Å². The van der Waals surface area contributed by atoms with Crippen LogP contribution < -0.4 is 16.0 Å².